The van der Waals surface area contributed by atoms with Gasteiger partial charge in [0.2, 0.25) is 0 Å². The molecule has 106 valence electrons. The van der Waals surface area contributed by atoms with Crippen LogP contribution in [-0.4, -0.2) is 13.4 Å². The number of nitrogens with one attached hydrogen (secondary N) is 1. The molecule has 0 unspecified atom stereocenters. The summed E-state index contributed by atoms with van der Waals surface area (Å²) in [5.41, 5.74) is 2.44. The van der Waals surface area contributed by atoms with Gasteiger partial charge in [-0.2, -0.15) is 16.5 Å². The van der Waals surface area contributed by atoms with Crippen molar-refractivity contribution in [3.05, 3.63) is 59.1 Å². The van der Waals surface area contributed by atoms with Crippen molar-refractivity contribution in [3.8, 4) is 0 Å². The van der Waals surface area contributed by atoms with Gasteiger partial charge < -0.3 is 4.98 Å². The molecule has 0 amide bonds. The van der Waals surface area contributed by atoms with Gasteiger partial charge in [0.25, 0.3) is 0 Å². The Morgan fingerprint density at radius 3 is 2.50 bits per heavy atom. The van der Waals surface area contributed by atoms with E-state index >= 15 is 0 Å². The van der Waals surface area contributed by atoms with Crippen molar-refractivity contribution in [2.75, 3.05) is 0 Å². The monoisotopic (exact) mass is 362 g/mol. The largest absolute Gasteiger partial charge is 0.354 e. The number of hydrogen-bond donors (Lipinski definition) is 1. The number of rotatable bonds is 0. The van der Waals surface area contributed by atoms with Gasteiger partial charge in [-0.25, -0.2) is 0 Å². The average Bonchev–Trinajstić information content (AvgIpc) is 3.02. The summed E-state index contributed by atoms with van der Waals surface area (Å²) in [5.74, 6) is 0. The average molecular weight is 363 g/mol. The zero-order chi connectivity index (χ0) is 14.8. The van der Waals surface area contributed by atoms with Crippen LogP contribution in [0, 0.1) is 0 Å². The standard InChI is InChI=1S/C19H13BrNSi/c1-22-18-5-3-2-4-12(18)15-9-17-14(10-19(15)22)13-8-11(20)6-7-16(13)21-17/h2-10,21H,1H3/q-1. The fraction of sp³-hybridized carbons (Fsp3) is 0.0526. The summed E-state index contributed by atoms with van der Waals surface area (Å²) in [4.78, 5) is 6.65. The van der Waals surface area contributed by atoms with Crippen LogP contribution in [0.4, 0.5) is 0 Å². The second kappa shape index (κ2) is 4.34. The zero-order valence-corrected chi connectivity index (χ0v) is 14.7. The normalized spacial score (nSPS) is 12.1. The van der Waals surface area contributed by atoms with E-state index in [-0.39, 0.29) is 0 Å². The van der Waals surface area contributed by atoms with E-state index in [1.165, 1.54) is 32.6 Å². The number of hydrogen-bond acceptors (Lipinski definition) is 0. The van der Waals surface area contributed by atoms with Gasteiger partial charge in [0.05, 0.1) is 0 Å². The van der Waals surface area contributed by atoms with Gasteiger partial charge in [-0.3, -0.25) is 8.40 Å². The van der Waals surface area contributed by atoms with E-state index < -0.39 is 8.40 Å². The molecule has 3 aromatic carbocycles. The molecule has 2 heterocycles. The lowest BCUT2D eigenvalue weighted by molar-refractivity contribution is 1.55. The van der Waals surface area contributed by atoms with Crippen molar-refractivity contribution < 1.29 is 0 Å². The lowest BCUT2D eigenvalue weighted by Gasteiger charge is -2.05. The van der Waals surface area contributed by atoms with Gasteiger partial charge in [0.15, 0.2) is 0 Å². The molecule has 5 rings (SSSR count). The summed E-state index contributed by atoms with van der Waals surface area (Å²) in [7, 11) is -0.643. The number of aromatic nitrogens is 1. The fourth-order valence-corrected chi connectivity index (χ4v) is 6.23. The van der Waals surface area contributed by atoms with E-state index in [2.05, 4.69) is 82.1 Å². The van der Waals surface area contributed by atoms with Gasteiger partial charge in [-0.05, 0) is 29.7 Å². The van der Waals surface area contributed by atoms with Gasteiger partial charge >= 0.3 is 0 Å². The summed E-state index contributed by atoms with van der Waals surface area (Å²) in [6, 6.07) is 20.1. The maximum atomic E-state index is 3.59. The van der Waals surface area contributed by atoms with E-state index in [1.807, 2.05) is 0 Å². The van der Waals surface area contributed by atoms with Crippen molar-refractivity contribution in [2.24, 2.45) is 6.55 Å². The number of H-pyrrole nitrogens is 1. The zero-order valence-electron chi connectivity index (χ0n) is 12.1. The van der Waals surface area contributed by atoms with Crippen molar-refractivity contribution in [3.63, 3.8) is 0 Å². The Labute approximate surface area is 137 Å². The predicted octanol–water partition coefficient (Wildman–Crippen LogP) is 5.67. The molecular formula is C19H13BrNSi-. The Bertz CT molecular complexity index is 1200. The van der Waals surface area contributed by atoms with Crippen molar-refractivity contribution in [1.29, 1.82) is 0 Å². The molecule has 0 atom stereocenters. The van der Waals surface area contributed by atoms with Crippen LogP contribution in [0.15, 0.2) is 59.1 Å². The third-order valence-electron chi connectivity index (χ3n) is 4.72. The first-order valence-electron chi connectivity index (χ1n) is 7.41. The summed E-state index contributed by atoms with van der Waals surface area (Å²) >= 11 is 3.59. The molecule has 1 N–H and O–H groups in total. The number of aromatic amines is 1. The van der Waals surface area contributed by atoms with E-state index in [4.69, 9.17) is 0 Å². The first kappa shape index (κ1) is 12.7. The third-order valence-corrected chi connectivity index (χ3v) is 7.68. The summed E-state index contributed by atoms with van der Waals surface area (Å²) in [6.07, 6.45) is 0. The lowest BCUT2D eigenvalue weighted by Crippen LogP contribution is -1.87. The molecule has 0 saturated carbocycles. The highest BCUT2D eigenvalue weighted by Gasteiger charge is 2.07. The van der Waals surface area contributed by atoms with Crippen LogP contribution >= 0.6 is 15.9 Å². The molecule has 5 aromatic rings. The SMILES string of the molecule is C[si-]1c2ccccc2c2cc3[nH]c4ccc(Br)cc4c3cc21. The van der Waals surface area contributed by atoms with Crippen LogP contribution in [0.25, 0.3) is 42.6 Å². The summed E-state index contributed by atoms with van der Waals surface area (Å²) < 4.78 is 1.13. The minimum absolute atomic E-state index is 0.643. The molecular weight excluding hydrogens is 350 g/mol. The van der Waals surface area contributed by atoms with Crippen LogP contribution in [0.2, 0.25) is 0 Å². The Morgan fingerprint density at radius 1 is 0.773 bits per heavy atom. The van der Waals surface area contributed by atoms with Crippen LogP contribution in [0.3, 0.4) is 0 Å². The molecule has 0 radical (unpaired) electrons. The molecule has 0 spiro atoms. The Kier molecular flexibility index (Phi) is 2.50. The molecule has 0 aliphatic rings. The smallest absolute Gasteiger partial charge is 0.0469 e. The molecule has 22 heavy (non-hydrogen) atoms. The van der Waals surface area contributed by atoms with Crippen molar-refractivity contribution >= 4 is 66.9 Å². The third kappa shape index (κ3) is 1.58. The van der Waals surface area contributed by atoms with Crippen LogP contribution in [-0.2, 0) is 6.55 Å². The fourth-order valence-electron chi connectivity index (χ4n) is 3.64. The maximum absolute atomic E-state index is 3.59. The molecule has 3 heteroatoms. The highest BCUT2D eigenvalue weighted by molar-refractivity contribution is 9.10. The summed E-state index contributed by atoms with van der Waals surface area (Å²) in [6.45, 7) is 2.41. The molecule has 0 bridgehead atoms. The van der Waals surface area contributed by atoms with Crippen LogP contribution < -0.4 is 0 Å². The van der Waals surface area contributed by atoms with Crippen LogP contribution in [0.1, 0.15) is 0 Å². The van der Waals surface area contributed by atoms with Crippen LogP contribution in [0.5, 0.6) is 0 Å². The summed E-state index contributed by atoms with van der Waals surface area (Å²) in [5, 5.41) is 5.49. The van der Waals surface area contributed by atoms with E-state index in [9.17, 15) is 0 Å². The highest BCUT2D eigenvalue weighted by atomic mass is 79.9. The second-order valence-electron chi connectivity index (χ2n) is 5.93. The van der Waals surface area contributed by atoms with E-state index in [1.54, 1.807) is 9.99 Å². The number of aryl methyl sites for hydroxylation is 1. The number of benzene rings is 3. The molecule has 2 aromatic heterocycles. The van der Waals surface area contributed by atoms with Gasteiger partial charge in [0, 0.05) is 26.3 Å². The molecule has 1 nitrogen and oxygen atoms in total. The Hall–Kier alpha value is -1.84. The topological polar surface area (TPSA) is 15.8 Å². The second-order valence-corrected chi connectivity index (χ2v) is 9.17. The quantitative estimate of drug-likeness (QED) is 0.341. The predicted molar refractivity (Wildman–Crippen MR) is 101 cm³/mol. The number of halogens is 1. The highest BCUT2D eigenvalue weighted by Crippen LogP contribution is 2.34. The first-order valence-corrected chi connectivity index (χ1v) is 10.2. The minimum atomic E-state index is -0.643. The van der Waals surface area contributed by atoms with E-state index in [0.717, 1.165) is 4.47 Å². The van der Waals surface area contributed by atoms with Gasteiger partial charge in [-0.15, -0.1) is 0 Å². The Morgan fingerprint density at radius 2 is 1.59 bits per heavy atom. The van der Waals surface area contributed by atoms with E-state index in [0.29, 0.717) is 0 Å². The molecule has 0 fully saturated rings. The van der Waals surface area contributed by atoms with Gasteiger partial charge in [0.1, 0.15) is 0 Å². The molecule has 0 aliphatic heterocycles. The van der Waals surface area contributed by atoms with Crippen molar-refractivity contribution in [1.82, 2.24) is 4.98 Å². The molecule has 0 aliphatic carbocycles. The van der Waals surface area contributed by atoms with Gasteiger partial charge in [-0.1, -0.05) is 51.6 Å². The molecule has 0 saturated heterocycles. The number of fused-ring (bicyclic) bond motifs is 6. The lowest BCUT2D eigenvalue weighted by atomic mass is 10.1. The Balaban J connectivity index is 2.05. The minimum Gasteiger partial charge on any atom is -0.354 e. The maximum Gasteiger partial charge on any atom is 0.0469 e. The first-order chi connectivity index (χ1) is 10.7. The van der Waals surface area contributed by atoms with Crippen molar-refractivity contribution in [2.45, 2.75) is 0 Å².